The summed E-state index contributed by atoms with van der Waals surface area (Å²) < 4.78 is 11.5. The molecule has 0 unspecified atom stereocenters. The van der Waals surface area contributed by atoms with Crippen molar-refractivity contribution in [2.45, 2.75) is 52.4 Å². The van der Waals surface area contributed by atoms with E-state index in [-0.39, 0.29) is 23.2 Å². The molecule has 0 spiro atoms. The van der Waals surface area contributed by atoms with Gasteiger partial charge >= 0.3 is 8.60 Å². The fourth-order valence-corrected chi connectivity index (χ4v) is 3.21. The summed E-state index contributed by atoms with van der Waals surface area (Å²) in [6, 6.07) is 15.5. The molecule has 2 rings (SSSR count). The molecule has 0 amide bonds. The van der Waals surface area contributed by atoms with Crippen LogP contribution in [0.15, 0.2) is 48.5 Å². The monoisotopic (exact) mass is 382 g/mol. The van der Waals surface area contributed by atoms with Gasteiger partial charge in [0.25, 0.3) is 0 Å². The summed E-state index contributed by atoms with van der Waals surface area (Å²) in [5, 5.41) is 0. The molecule has 3 nitrogen and oxygen atoms in total. The van der Waals surface area contributed by atoms with Crippen LogP contribution in [-0.4, -0.2) is 4.89 Å². The summed E-state index contributed by atoms with van der Waals surface area (Å²) in [4.78, 5) is 10.4. The number of hydrogen-bond acceptors (Lipinski definition) is 3. The number of para-hydroxylation sites is 2. The molecule has 1 N–H and O–H groups in total. The fourth-order valence-electron chi connectivity index (χ4n) is 2.52. The molecule has 0 heterocycles. The highest BCUT2D eigenvalue weighted by molar-refractivity contribution is 7.41. The van der Waals surface area contributed by atoms with Gasteiger partial charge in [-0.05, 0) is 23.0 Å². The van der Waals surface area contributed by atoms with E-state index in [0.29, 0.717) is 11.5 Å². The lowest BCUT2D eigenvalue weighted by Crippen LogP contribution is -2.14. The first-order valence-electron chi connectivity index (χ1n) is 8.13. The zero-order chi connectivity index (χ0) is 18.0. The average molecular weight is 383 g/mol. The zero-order valence-corrected chi connectivity index (χ0v) is 17.4. The van der Waals surface area contributed by atoms with E-state index in [1.54, 1.807) is 0 Å². The Morgan fingerprint density at radius 3 is 1.32 bits per heavy atom. The quantitative estimate of drug-likeness (QED) is 0.623. The Bertz CT molecular complexity index is 630. The molecule has 0 atom stereocenters. The first-order valence-corrected chi connectivity index (χ1v) is 9.26. The third-order valence-electron chi connectivity index (χ3n) is 3.74. The van der Waals surface area contributed by atoms with E-state index in [4.69, 9.17) is 9.05 Å². The highest BCUT2D eigenvalue weighted by Crippen LogP contribution is 2.43. The maximum Gasteiger partial charge on any atom is 0.460 e. The Morgan fingerprint density at radius 1 is 0.680 bits per heavy atom. The summed E-state index contributed by atoms with van der Waals surface area (Å²) in [5.74, 6) is 1.32. The minimum atomic E-state index is -2.06. The van der Waals surface area contributed by atoms with Crippen LogP contribution in [0.2, 0.25) is 0 Å². The second-order valence-corrected chi connectivity index (χ2v) is 8.75. The van der Waals surface area contributed by atoms with Crippen LogP contribution in [0.3, 0.4) is 0 Å². The number of halogens is 1. The van der Waals surface area contributed by atoms with Crippen LogP contribution in [-0.2, 0) is 10.8 Å². The van der Waals surface area contributed by atoms with Gasteiger partial charge in [-0.2, -0.15) is 0 Å². The van der Waals surface area contributed by atoms with Crippen LogP contribution >= 0.6 is 21.0 Å². The molecule has 0 aromatic heterocycles. The molecular formula is C20H28ClO3P. The standard InChI is InChI=1S/C20H27O3P.ClH/c1-19(2,3)15-11-7-9-13-17(15)22-24(21)23-18-14-10-8-12-16(18)20(4,5)6;/h7-14,21H,1-6H3;1H. The van der Waals surface area contributed by atoms with Gasteiger partial charge in [-0.15, -0.1) is 12.4 Å². The highest BCUT2D eigenvalue weighted by Gasteiger charge is 2.24. The van der Waals surface area contributed by atoms with Gasteiger partial charge in [0.15, 0.2) is 0 Å². The molecule has 0 saturated heterocycles. The van der Waals surface area contributed by atoms with E-state index < -0.39 is 8.60 Å². The van der Waals surface area contributed by atoms with E-state index >= 15 is 0 Å². The minimum Gasteiger partial charge on any atom is -0.418 e. The van der Waals surface area contributed by atoms with Crippen molar-refractivity contribution < 1.29 is 13.9 Å². The van der Waals surface area contributed by atoms with Crippen molar-refractivity contribution in [3.8, 4) is 11.5 Å². The molecule has 0 aliphatic carbocycles. The van der Waals surface area contributed by atoms with Crippen molar-refractivity contribution in [3.05, 3.63) is 59.7 Å². The van der Waals surface area contributed by atoms with Crippen molar-refractivity contribution in [1.82, 2.24) is 0 Å². The summed E-state index contributed by atoms with van der Waals surface area (Å²) in [6.07, 6.45) is 0. The van der Waals surface area contributed by atoms with Crippen molar-refractivity contribution in [2.75, 3.05) is 0 Å². The smallest absolute Gasteiger partial charge is 0.418 e. The van der Waals surface area contributed by atoms with E-state index in [1.165, 1.54) is 0 Å². The second kappa shape index (κ2) is 8.40. The van der Waals surface area contributed by atoms with Crippen molar-refractivity contribution in [3.63, 3.8) is 0 Å². The predicted molar refractivity (Wildman–Crippen MR) is 108 cm³/mol. The van der Waals surface area contributed by atoms with E-state index in [9.17, 15) is 4.89 Å². The molecule has 0 radical (unpaired) electrons. The summed E-state index contributed by atoms with van der Waals surface area (Å²) in [7, 11) is -2.06. The Hall–Kier alpha value is -1.28. The van der Waals surface area contributed by atoms with Crippen LogP contribution in [0.4, 0.5) is 0 Å². The fraction of sp³-hybridized carbons (Fsp3) is 0.400. The molecule has 25 heavy (non-hydrogen) atoms. The van der Waals surface area contributed by atoms with Gasteiger partial charge in [-0.3, -0.25) is 0 Å². The van der Waals surface area contributed by atoms with Crippen LogP contribution in [0.5, 0.6) is 11.5 Å². The molecule has 0 saturated carbocycles. The second-order valence-electron chi connectivity index (χ2n) is 7.91. The van der Waals surface area contributed by atoms with Crippen molar-refractivity contribution in [1.29, 1.82) is 0 Å². The molecule has 2 aromatic rings. The zero-order valence-electron chi connectivity index (χ0n) is 15.7. The Labute approximate surface area is 158 Å². The Kier molecular flexibility index (Phi) is 7.31. The van der Waals surface area contributed by atoms with Gasteiger partial charge in [0.05, 0.1) is 0 Å². The first-order chi connectivity index (χ1) is 11.1. The summed E-state index contributed by atoms with van der Waals surface area (Å²) in [6.45, 7) is 12.7. The van der Waals surface area contributed by atoms with Crippen LogP contribution in [0.25, 0.3) is 0 Å². The van der Waals surface area contributed by atoms with Gasteiger partial charge in [0.2, 0.25) is 0 Å². The molecule has 0 fully saturated rings. The topological polar surface area (TPSA) is 38.7 Å². The lowest BCUT2D eigenvalue weighted by atomic mass is 9.86. The molecule has 5 heteroatoms. The lowest BCUT2D eigenvalue weighted by molar-refractivity contribution is 0.371. The maximum atomic E-state index is 10.4. The molecule has 138 valence electrons. The Balaban J connectivity index is 0.00000312. The third-order valence-corrected chi connectivity index (χ3v) is 4.45. The third kappa shape index (κ3) is 5.88. The molecule has 2 aromatic carbocycles. The SMILES string of the molecule is CC(C)(C)c1ccccc1OP(O)Oc1ccccc1C(C)(C)C.Cl. The minimum absolute atomic E-state index is 0. The summed E-state index contributed by atoms with van der Waals surface area (Å²) in [5.41, 5.74) is 1.94. The van der Waals surface area contributed by atoms with Gasteiger partial charge in [-0.1, -0.05) is 77.9 Å². The van der Waals surface area contributed by atoms with E-state index in [1.807, 2.05) is 48.5 Å². The first kappa shape index (κ1) is 21.8. The number of rotatable bonds is 4. The van der Waals surface area contributed by atoms with Gasteiger partial charge < -0.3 is 13.9 Å². The van der Waals surface area contributed by atoms with Gasteiger partial charge in [-0.25, -0.2) is 0 Å². The van der Waals surface area contributed by atoms with Crippen molar-refractivity contribution >= 4 is 21.0 Å². The van der Waals surface area contributed by atoms with Gasteiger partial charge in [0, 0.05) is 11.1 Å². The van der Waals surface area contributed by atoms with Crippen molar-refractivity contribution in [2.24, 2.45) is 0 Å². The van der Waals surface area contributed by atoms with Gasteiger partial charge in [0.1, 0.15) is 11.5 Å². The average Bonchev–Trinajstić information content (AvgIpc) is 2.46. The number of benzene rings is 2. The molecular weight excluding hydrogens is 355 g/mol. The molecule has 0 bridgehead atoms. The highest BCUT2D eigenvalue weighted by atomic mass is 35.5. The van der Waals surface area contributed by atoms with E-state index in [2.05, 4.69) is 41.5 Å². The van der Waals surface area contributed by atoms with E-state index in [0.717, 1.165) is 11.1 Å². The predicted octanol–water partition coefficient (Wildman–Crippen LogP) is 6.38. The summed E-state index contributed by atoms with van der Waals surface area (Å²) >= 11 is 0. The van der Waals surface area contributed by atoms with Crippen LogP contribution < -0.4 is 9.05 Å². The largest absolute Gasteiger partial charge is 0.460 e. The van der Waals surface area contributed by atoms with Crippen LogP contribution in [0, 0.1) is 0 Å². The molecule has 0 aliphatic heterocycles. The Morgan fingerprint density at radius 2 is 1.00 bits per heavy atom. The number of hydrogen-bond donors (Lipinski definition) is 1. The van der Waals surface area contributed by atoms with Crippen LogP contribution in [0.1, 0.15) is 52.7 Å². The molecule has 0 aliphatic rings. The lowest BCUT2D eigenvalue weighted by Gasteiger charge is -2.25. The normalized spacial score (nSPS) is 11.8. The maximum absolute atomic E-state index is 10.4.